The number of likely N-dealkylation sites (tertiary alicyclic amines) is 1. The van der Waals surface area contributed by atoms with Gasteiger partial charge in [0.25, 0.3) is 0 Å². The molecule has 2 aliphatic heterocycles. The molecule has 0 aliphatic carbocycles. The molecule has 1 N–H and O–H groups in total. The molecule has 2 aromatic carbocycles. The lowest BCUT2D eigenvalue weighted by Gasteiger charge is -2.26. The monoisotopic (exact) mass is 475 g/mol. The topological polar surface area (TPSA) is 96.0 Å². The Hall–Kier alpha value is -2.82. The average molecular weight is 476 g/mol. The molecule has 2 aromatic rings. The molecule has 33 heavy (non-hydrogen) atoms. The van der Waals surface area contributed by atoms with E-state index in [1.54, 1.807) is 4.90 Å². The van der Waals surface area contributed by atoms with Crippen molar-refractivity contribution in [3.05, 3.63) is 59.9 Å². The summed E-state index contributed by atoms with van der Waals surface area (Å²) in [5.74, 6) is -1.94. The standard InChI is InChI=1S/C23H26FN3O5S/c24-20-7-6-19(15-21(20)33(30,31)27-10-12-32-13-11-27)25-23(29)18-14-22(28)26(16-18)9-8-17-4-2-1-3-5-17/h1-7,15,18H,8-14,16H2,(H,25,29). The molecule has 2 amide bonds. The average Bonchev–Trinajstić information content (AvgIpc) is 3.20. The van der Waals surface area contributed by atoms with Crippen LogP contribution in [0.3, 0.4) is 0 Å². The van der Waals surface area contributed by atoms with E-state index in [-0.39, 0.29) is 50.9 Å². The van der Waals surface area contributed by atoms with E-state index in [1.165, 1.54) is 10.4 Å². The Kier molecular flexibility index (Phi) is 7.06. The van der Waals surface area contributed by atoms with Crippen molar-refractivity contribution < 1.29 is 27.1 Å². The highest BCUT2D eigenvalue weighted by atomic mass is 32.2. The summed E-state index contributed by atoms with van der Waals surface area (Å²) in [5, 5.41) is 2.65. The van der Waals surface area contributed by atoms with Crippen LogP contribution < -0.4 is 5.32 Å². The smallest absolute Gasteiger partial charge is 0.246 e. The number of nitrogens with one attached hydrogen (secondary N) is 1. The SMILES string of the molecule is O=C(Nc1ccc(F)c(S(=O)(=O)N2CCOCC2)c1)C1CC(=O)N(CCc2ccccc2)C1. The fourth-order valence-electron chi connectivity index (χ4n) is 4.02. The maximum Gasteiger partial charge on any atom is 0.246 e. The predicted octanol–water partition coefficient (Wildman–Crippen LogP) is 1.88. The van der Waals surface area contributed by atoms with E-state index in [1.807, 2.05) is 30.3 Å². The van der Waals surface area contributed by atoms with Crippen LogP contribution in [0.25, 0.3) is 0 Å². The first-order chi connectivity index (χ1) is 15.8. The lowest BCUT2D eigenvalue weighted by Crippen LogP contribution is -2.41. The molecule has 2 saturated heterocycles. The van der Waals surface area contributed by atoms with E-state index < -0.39 is 32.6 Å². The van der Waals surface area contributed by atoms with E-state index in [4.69, 9.17) is 4.74 Å². The third-order valence-electron chi connectivity index (χ3n) is 5.89. The van der Waals surface area contributed by atoms with Crippen LogP contribution in [0.5, 0.6) is 0 Å². The van der Waals surface area contributed by atoms with Gasteiger partial charge in [-0.05, 0) is 30.2 Å². The van der Waals surface area contributed by atoms with Gasteiger partial charge in [0.15, 0.2) is 0 Å². The van der Waals surface area contributed by atoms with Gasteiger partial charge in [0, 0.05) is 38.3 Å². The molecule has 2 fully saturated rings. The van der Waals surface area contributed by atoms with Crippen molar-refractivity contribution in [2.45, 2.75) is 17.7 Å². The predicted molar refractivity (Wildman–Crippen MR) is 119 cm³/mol. The fourth-order valence-corrected chi connectivity index (χ4v) is 5.52. The second kappa shape index (κ2) is 9.98. The Balaban J connectivity index is 1.40. The molecule has 0 spiro atoms. The molecule has 0 bridgehead atoms. The van der Waals surface area contributed by atoms with Crippen molar-refractivity contribution >= 4 is 27.5 Å². The summed E-state index contributed by atoms with van der Waals surface area (Å²) in [7, 11) is -4.06. The number of rotatable bonds is 7. The van der Waals surface area contributed by atoms with Gasteiger partial charge in [-0.2, -0.15) is 4.31 Å². The zero-order valence-electron chi connectivity index (χ0n) is 18.1. The van der Waals surface area contributed by atoms with Crippen molar-refractivity contribution in [3.63, 3.8) is 0 Å². The minimum Gasteiger partial charge on any atom is -0.379 e. The van der Waals surface area contributed by atoms with E-state index in [0.29, 0.717) is 13.0 Å². The molecular formula is C23H26FN3O5S. The first-order valence-corrected chi connectivity index (χ1v) is 12.3. The number of nitrogens with zero attached hydrogens (tertiary/aromatic N) is 2. The van der Waals surface area contributed by atoms with E-state index in [0.717, 1.165) is 17.7 Å². The summed E-state index contributed by atoms with van der Waals surface area (Å²) >= 11 is 0. The van der Waals surface area contributed by atoms with E-state index in [9.17, 15) is 22.4 Å². The zero-order valence-corrected chi connectivity index (χ0v) is 18.9. The molecule has 0 saturated carbocycles. The van der Waals surface area contributed by atoms with Crippen LogP contribution in [0.4, 0.5) is 10.1 Å². The van der Waals surface area contributed by atoms with E-state index >= 15 is 0 Å². The number of carbonyl (C=O) groups excluding carboxylic acids is 2. The minimum atomic E-state index is -4.06. The molecule has 2 heterocycles. The number of hydrogen-bond acceptors (Lipinski definition) is 5. The molecule has 2 aliphatic rings. The van der Waals surface area contributed by atoms with Crippen LogP contribution in [0.2, 0.25) is 0 Å². The highest BCUT2D eigenvalue weighted by Gasteiger charge is 2.34. The molecule has 10 heteroatoms. The van der Waals surface area contributed by atoms with Gasteiger partial charge in [0.1, 0.15) is 10.7 Å². The number of ether oxygens (including phenoxy) is 1. The third kappa shape index (κ3) is 5.40. The summed E-state index contributed by atoms with van der Waals surface area (Å²) in [4.78, 5) is 26.3. The highest BCUT2D eigenvalue weighted by Crippen LogP contribution is 2.25. The van der Waals surface area contributed by atoms with Gasteiger partial charge in [0.2, 0.25) is 21.8 Å². The van der Waals surface area contributed by atoms with Crippen LogP contribution in [0, 0.1) is 11.7 Å². The van der Waals surface area contributed by atoms with Gasteiger partial charge in [-0.1, -0.05) is 30.3 Å². The van der Waals surface area contributed by atoms with Crippen LogP contribution in [-0.2, 0) is 30.8 Å². The number of carbonyl (C=O) groups is 2. The van der Waals surface area contributed by atoms with Gasteiger partial charge in [-0.3, -0.25) is 9.59 Å². The summed E-state index contributed by atoms with van der Waals surface area (Å²) in [6, 6.07) is 13.2. The molecule has 8 nitrogen and oxygen atoms in total. The third-order valence-corrected chi connectivity index (χ3v) is 7.80. The Bertz CT molecular complexity index is 1120. The fraction of sp³-hybridized carbons (Fsp3) is 0.391. The second-order valence-electron chi connectivity index (χ2n) is 8.13. The number of hydrogen-bond donors (Lipinski definition) is 1. The molecule has 1 atom stereocenters. The lowest BCUT2D eigenvalue weighted by molar-refractivity contribution is -0.128. The Morgan fingerprint density at radius 2 is 1.85 bits per heavy atom. The number of anilines is 1. The highest BCUT2D eigenvalue weighted by molar-refractivity contribution is 7.89. The first-order valence-electron chi connectivity index (χ1n) is 10.8. The number of amides is 2. The van der Waals surface area contributed by atoms with Crippen molar-refractivity contribution in [3.8, 4) is 0 Å². The van der Waals surface area contributed by atoms with Gasteiger partial charge in [0.05, 0.1) is 19.1 Å². The van der Waals surface area contributed by atoms with Gasteiger partial charge in [-0.25, -0.2) is 12.8 Å². The Morgan fingerprint density at radius 3 is 2.58 bits per heavy atom. The normalized spacial score (nSPS) is 19.6. The van der Waals surface area contributed by atoms with Crippen LogP contribution in [0.1, 0.15) is 12.0 Å². The Labute approximate surface area is 192 Å². The van der Waals surface area contributed by atoms with Gasteiger partial charge in [-0.15, -0.1) is 0 Å². The number of halogens is 1. The van der Waals surface area contributed by atoms with Crippen molar-refractivity contribution in [2.24, 2.45) is 5.92 Å². The summed E-state index contributed by atoms with van der Waals surface area (Å²) in [6.45, 7) is 1.58. The summed E-state index contributed by atoms with van der Waals surface area (Å²) in [5.41, 5.74) is 1.28. The number of sulfonamides is 1. The van der Waals surface area contributed by atoms with Crippen LogP contribution in [-0.4, -0.2) is 68.8 Å². The summed E-state index contributed by atoms with van der Waals surface area (Å²) < 4.78 is 46.4. The zero-order chi connectivity index (χ0) is 23.4. The molecule has 0 aromatic heterocycles. The maximum atomic E-state index is 14.4. The molecule has 176 valence electrons. The quantitative estimate of drug-likeness (QED) is 0.660. The number of benzene rings is 2. The lowest BCUT2D eigenvalue weighted by atomic mass is 10.1. The van der Waals surface area contributed by atoms with E-state index in [2.05, 4.69) is 5.32 Å². The van der Waals surface area contributed by atoms with Crippen molar-refractivity contribution in [1.82, 2.24) is 9.21 Å². The largest absolute Gasteiger partial charge is 0.379 e. The van der Waals surface area contributed by atoms with Crippen molar-refractivity contribution in [2.75, 3.05) is 44.7 Å². The molecule has 1 unspecified atom stereocenters. The molecular weight excluding hydrogens is 449 g/mol. The van der Waals surface area contributed by atoms with Gasteiger partial charge < -0.3 is 15.0 Å². The first kappa shape index (κ1) is 23.3. The van der Waals surface area contributed by atoms with Crippen LogP contribution >= 0.6 is 0 Å². The molecule has 4 rings (SSSR count). The number of morpholine rings is 1. The minimum absolute atomic E-state index is 0.0841. The maximum absolute atomic E-state index is 14.4. The van der Waals surface area contributed by atoms with Gasteiger partial charge >= 0.3 is 0 Å². The Morgan fingerprint density at radius 1 is 1.12 bits per heavy atom. The van der Waals surface area contributed by atoms with Crippen molar-refractivity contribution in [1.29, 1.82) is 0 Å². The molecule has 0 radical (unpaired) electrons. The second-order valence-corrected chi connectivity index (χ2v) is 10.0. The van der Waals surface area contributed by atoms with Crippen LogP contribution in [0.15, 0.2) is 53.4 Å². The summed E-state index contributed by atoms with van der Waals surface area (Å²) in [6.07, 6.45) is 0.780.